The summed E-state index contributed by atoms with van der Waals surface area (Å²) >= 11 is 0. The van der Waals surface area contributed by atoms with E-state index in [1.807, 2.05) is 25.2 Å². The van der Waals surface area contributed by atoms with Crippen LogP contribution in [0.4, 0.5) is 0 Å². The quantitative estimate of drug-likeness (QED) is 0.906. The van der Waals surface area contributed by atoms with Gasteiger partial charge in [-0.3, -0.25) is 4.79 Å². The Morgan fingerprint density at radius 1 is 1.40 bits per heavy atom. The van der Waals surface area contributed by atoms with E-state index < -0.39 is 0 Å². The van der Waals surface area contributed by atoms with Crippen molar-refractivity contribution in [1.82, 2.24) is 10.2 Å². The number of carbonyl (C=O) groups excluding carboxylic acids is 1. The largest absolute Gasteiger partial charge is 0.454 e. The SMILES string of the molecule is CN(Cc1ccc2c(c1)OCO2)C(=O)[C@H]1CCCNC1. The third-order valence-electron chi connectivity index (χ3n) is 3.88. The van der Waals surface area contributed by atoms with Crippen LogP contribution in [0.25, 0.3) is 0 Å². The van der Waals surface area contributed by atoms with Crippen molar-refractivity contribution in [2.75, 3.05) is 26.9 Å². The normalized spacial score (nSPS) is 20.8. The number of nitrogens with one attached hydrogen (secondary N) is 1. The Morgan fingerprint density at radius 2 is 2.25 bits per heavy atom. The van der Waals surface area contributed by atoms with Crippen LogP contribution in [0.3, 0.4) is 0 Å². The molecule has 0 unspecified atom stereocenters. The molecule has 1 fully saturated rings. The van der Waals surface area contributed by atoms with Gasteiger partial charge < -0.3 is 19.7 Å². The van der Waals surface area contributed by atoms with Gasteiger partial charge in [-0.1, -0.05) is 6.07 Å². The van der Waals surface area contributed by atoms with E-state index in [9.17, 15) is 4.79 Å². The lowest BCUT2D eigenvalue weighted by Gasteiger charge is -2.27. The average Bonchev–Trinajstić information content (AvgIpc) is 2.95. The molecule has 2 aliphatic rings. The summed E-state index contributed by atoms with van der Waals surface area (Å²) < 4.78 is 10.7. The van der Waals surface area contributed by atoms with E-state index in [1.54, 1.807) is 4.90 Å². The third kappa shape index (κ3) is 2.72. The molecular weight excluding hydrogens is 256 g/mol. The van der Waals surface area contributed by atoms with Gasteiger partial charge in [0.25, 0.3) is 0 Å². The number of amides is 1. The number of rotatable bonds is 3. The fourth-order valence-electron chi connectivity index (χ4n) is 2.77. The molecule has 20 heavy (non-hydrogen) atoms. The van der Waals surface area contributed by atoms with Gasteiger partial charge in [0, 0.05) is 20.1 Å². The van der Waals surface area contributed by atoms with Crippen LogP contribution >= 0.6 is 0 Å². The van der Waals surface area contributed by atoms with Crippen molar-refractivity contribution >= 4 is 5.91 Å². The number of nitrogens with zero attached hydrogens (tertiary/aromatic N) is 1. The maximum absolute atomic E-state index is 12.4. The van der Waals surface area contributed by atoms with Gasteiger partial charge >= 0.3 is 0 Å². The minimum absolute atomic E-state index is 0.114. The Bertz CT molecular complexity index is 498. The van der Waals surface area contributed by atoms with Gasteiger partial charge in [0.05, 0.1) is 5.92 Å². The first-order valence-electron chi connectivity index (χ1n) is 7.08. The molecule has 1 amide bonds. The zero-order chi connectivity index (χ0) is 13.9. The van der Waals surface area contributed by atoms with Crippen LogP contribution in [0.15, 0.2) is 18.2 Å². The van der Waals surface area contributed by atoms with E-state index in [0.29, 0.717) is 6.54 Å². The molecule has 5 nitrogen and oxygen atoms in total. The molecule has 5 heteroatoms. The molecule has 0 spiro atoms. The predicted octanol–water partition coefficient (Wildman–Crippen LogP) is 1.37. The molecule has 1 saturated heterocycles. The fourth-order valence-corrected chi connectivity index (χ4v) is 2.77. The van der Waals surface area contributed by atoms with Gasteiger partial charge in [0.15, 0.2) is 11.5 Å². The lowest BCUT2D eigenvalue weighted by atomic mass is 9.98. The highest BCUT2D eigenvalue weighted by Crippen LogP contribution is 2.32. The molecule has 1 N–H and O–H groups in total. The van der Waals surface area contributed by atoms with Gasteiger partial charge in [0.1, 0.15) is 0 Å². The molecule has 2 aliphatic heterocycles. The molecule has 1 aromatic rings. The summed E-state index contributed by atoms with van der Waals surface area (Å²) in [6.07, 6.45) is 2.06. The first kappa shape index (κ1) is 13.2. The summed E-state index contributed by atoms with van der Waals surface area (Å²) in [6.45, 7) is 2.70. The van der Waals surface area contributed by atoms with Crippen LogP contribution in [0.2, 0.25) is 0 Å². The molecule has 0 bridgehead atoms. The molecule has 108 valence electrons. The van der Waals surface area contributed by atoms with Crippen molar-refractivity contribution in [3.63, 3.8) is 0 Å². The van der Waals surface area contributed by atoms with E-state index >= 15 is 0 Å². The highest BCUT2D eigenvalue weighted by molar-refractivity contribution is 5.79. The smallest absolute Gasteiger partial charge is 0.231 e. The number of hydrogen-bond donors (Lipinski definition) is 1. The van der Waals surface area contributed by atoms with Crippen molar-refractivity contribution in [3.05, 3.63) is 23.8 Å². The second-order valence-corrected chi connectivity index (χ2v) is 5.43. The summed E-state index contributed by atoms with van der Waals surface area (Å²) in [7, 11) is 1.86. The Hall–Kier alpha value is -1.75. The topological polar surface area (TPSA) is 50.8 Å². The van der Waals surface area contributed by atoms with Crippen LogP contribution in [0.5, 0.6) is 11.5 Å². The molecule has 1 aromatic carbocycles. The van der Waals surface area contributed by atoms with Crippen LogP contribution in [0.1, 0.15) is 18.4 Å². The van der Waals surface area contributed by atoms with Crippen LogP contribution in [-0.2, 0) is 11.3 Å². The summed E-state index contributed by atoms with van der Waals surface area (Å²) in [4.78, 5) is 14.2. The molecule has 3 rings (SSSR count). The van der Waals surface area contributed by atoms with Gasteiger partial charge in [-0.15, -0.1) is 0 Å². The van der Waals surface area contributed by atoms with Crippen molar-refractivity contribution in [2.45, 2.75) is 19.4 Å². The molecule has 0 radical (unpaired) electrons. The Balaban J connectivity index is 1.63. The highest BCUT2D eigenvalue weighted by Gasteiger charge is 2.24. The van der Waals surface area contributed by atoms with E-state index in [0.717, 1.165) is 43.0 Å². The van der Waals surface area contributed by atoms with Gasteiger partial charge in [-0.2, -0.15) is 0 Å². The first-order chi connectivity index (χ1) is 9.74. The molecule has 0 aliphatic carbocycles. The maximum Gasteiger partial charge on any atom is 0.231 e. The number of carbonyl (C=O) groups is 1. The minimum atomic E-state index is 0.114. The van der Waals surface area contributed by atoms with E-state index in [4.69, 9.17) is 9.47 Å². The average molecular weight is 276 g/mol. The second-order valence-electron chi connectivity index (χ2n) is 5.43. The van der Waals surface area contributed by atoms with E-state index in [-0.39, 0.29) is 18.6 Å². The molecule has 2 heterocycles. The lowest BCUT2D eigenvalue weighted by molar-refractivity contribution is -0.135. The summed E-state index contributed by atoms with van der Waals surface area (Å²) in [5.74, 6) is 1.87. The third-order valence-corrected chi connectivity index (χ3v) is 3.88. The van der Waals surface area contributed by atoms with Crippen molar-refractivity contribution in [1.29, 1.82) is 0 Å². The fraction of sp³-hybridized carbons (Fsp3) is 0.533. The van der Waals surface area contributed by atoms with Crippen molar-refractivity contribution in [3.8, 4) is 11.5 Å². The highest BCUT2D eigenvalue weighted by atomic mass is 16.7. The maximum atomic E-state index is 12.4. The molecule has 0 saturated carbocycles. The van der Waals surface area contributed by atoms with Crippen LogP contribution < -0.4 is 14.8 Å². The van der Waals surface area contributed by atoms with Crippen LogP contribution in [0, 0.1) is 5.92 Å². The Morgan fingerprint density at radius 3 is 3.05 bits per heavy atom. The summed E-state index contributed by atoms with van der Waals surface area (Å²) in [5.41, 5.74) is 1.06. The molecule has 0 aromatic heterocycles. The minimum Gasteiger partial charge on any atom is -0.454 e. The van der Waals surface area contributed by atoms with E-state index in [2.05, 4.69) is 5.32 Å². The predicted molar refractivity (Wildman–Crippen MR) is 74.6 cm³/mol. The molecular formula is C15H20N2O3. The Kier molecular flexibility index (Phi) is 3.78. The monoisotopic (exact) mass is 276 g/mol. The van der Waals surface area contributed by atoms with Gasteiger partial charge in [-0.25, -0.2) is 0 Å². The second kappa shape index (κ2) is 5.71. The molecule has 1 atom stereocenters. The number of benzene rings is 1. The zero-order valence-corrected chi connectivity index (χ0v) is 11.7. The van der Waals surface area contributed by atoms with Gasteiger partial charge in [0.2, 0.25) is 12.7 Å². The van der Waals surface area contributed by atoms with Crippen LogP contribution in [-0.4, -0.2) is 37.7 Å². The van der Waals surface area contributed by atoms with Gasteiger partial charge in [-0.05, 0) is 37.1 Å². The number of hydrogen-bond acceptors (Lipinski definition) is 4. The van der Waals surface area contributed by atoms with Crippen molar-refractivity contribution in [2.24, 2.45) is 5.92 Å². The Labute approximate surface area is 118 Å². The zero-order valence-electron chi connectivity index (χ0n) is 11.7. The number of piperidine rings is 1. The van der Waals surface area contributed by atoms with Crippen molar-refractivity contribution < 1.29 is 14.3 Å². The number of fused-ring (bicyclic) bond motifs is 1. The lowest BCUT2D eigenvalue weighted by Crippen LogP contribution is -2.41. The van der Waals surface area contributed by atoms with E-state index in [1.165, 1.54) is 0 Å². The summed E-state index contributed by atoms with van der Waals surface area (Å²) in [6, 6.07) is 5.83. The summed E-state index contributed by atoms with van der Waals surface area (Å²) in [5, 5.41) is 3.28. The first-order valence-corrected chi connectivity index (χ1v) is 7.08. The number of ether oxygens (including phenoxy) is 2. The standard InChI is InChI=1S/C15H20N2O3/c1-17(15(18)12-3-2-6-16-8-12)9-11-4-5-13-14(7-11)20-10-19-13/h4-5,7,12,16H,2-3,6,8-10H2,1H3/t12-/m0/s1.